The van der Waals surface area contributed by atoms with E-state index < -0.39 is 15.3 Å². The van der Waals surface area contributed by atoms with Gasteiger partial charge in [-0.25, -0.2) is 13.1 Å². The molecule has 0 spiro atoms. The van der Waals surface area contributed by atoms with Gasteiger partial charge >= 0.3 is 0 Å². The van der Waals surface area contributed by atoms with Crippen LogP contribution < -0.4 is 4.72 Å². The van der Waals surface area contributed by atoms with Crippen molar-refractivity contribution in [3.63, 3.8) is 0 Å². The first-order chi connectivity index (χ1) is 7.06. The van der Waals surface area contributed by atoms with E-state index in [2.05, 4.69) is 4.72 Å². The monoisotopic (exact) mass is 237 g/mol. The van der Waals surface area contributed by atoms with Gasteiger partial charge < -0.3 is 9.84 Å². The first kappa shape index (κ1) is 12.9. The summed E-state index contributed by atoms with van der Waals surface area (Å²) >= 11 is 0. The van der Waals surface area contributed by atoms with Crippen molar-refractivity contribution >= 4 is 10.0 Å². The van der Waals surface area contributed by atoms with Gasteiger partial charge in [0.1, 0.15) is 0 Å². The first-order valence-corrected chi connectivity index (χ1v) is 6.78. The van der Waals surface area contributed by atoms with Crippen LogP contribution in [0.4, 0.5) is 0 Å². The second-order valence-electron chi connectivity index (χ2n) is 3.94. The molecule has 1 atom stereocenters. The Morgan fingerprint density at radius 2 is 2.07 bits per heavy atom. The van der Waals surface area contributed by atoms with Crippen LogP contribution in [0.25, 0.3) is 0 Å². The topological polar surface area (TPSA) is 75.6 Å². The Morgan fingerprint density at radius 3 is 2.60 bits per heavy atom. The summed E-state index contributed by atoms with van der Waals surface area (Å²) in [6.45, 7) is 3.02. The van der Waals surface area contributed by atoms with Gasteiger partial charge in [-0.2, -0.15) is 0 Å². The molecule has 1 aliphatic rings. The molecule has 1 heterocycles. The molecule has 15 heavy (non-hydrogen) atoms. The molecule has 0 bridgehead atoms. The smallest absolute Gasteiger partial charge is 0.216 e. The number of aliphatic hydroxyl groups excluding tert-OH is 1. The Bertz CT molecular complexity index is 272. The van der Waals surface area contributed by atoms with Gasteiger partial charge in [0.2, 0.25) is 10.0 Å². The molecule has 5 nitrogen and oxygen atoms in total. The molecule has 0 aliphatic carbocycles. The summed E-state index contributed by atoms with van der Waals surface area (Å²) in [5, 5.41) is 8.03. The average Bonchev–Trinajstić information content (AvgIpc) is 2.27. The minimum Gasteiger partial charge on any atom is -0.395 e. The van der Waals surface area contributed by atoms with Crippen molar-refractivity contribution in [2.75, 3.05) is 26.4 Å². The van der Waals surface area contributed by atoms with Gasteiger partial charge in [-0.3, -0.25) is 0 Å². The third-order valence-electron chi connectivity index (χ3n) is 2.70. The zero-order chi connectivity index (χ0) is 11.3. The van der Waals surface area contributed by atoms with Crippen LogP contribution in [0.3, 0.4) is 0 Å². The maximum atomic E-state index is 11.5. The highest BCUT2D eigenvalue weighted by atomic mass is 32.2. The van der Waals surface area contributed by atoms with Gasteiger partial charge in [0.15, 0.2) is 0 Å². The number of hydrogen-bond acceptors (Lipinski definition) is 4. The van der Waals surface area contributed by atoms with Crippen molar-refractivity contribution in [2.45, 2.75) is 25.0 Å². The van der Waals surface area contributed by atoms with Gasteiger partial charge in [-0.15, -0.1) is 0 Å². The molecule has 1 rings (SSSR count). The fraction of sp³-hybridized carbons (Fsp3) is 1.00. The molecular formula is C9H19NO4S. The molecule has 0 radical (unpaired) electrons. The zero-order valence-corrected chi connectivity index (χ0v) is 9.79. The molecule has 0 amide bonds. The Balaban J connectivity index is 2.35. The van der Waals surface area contributed by atoms with Gasteiger partial charge in [0.25, 0.3) is 0 Å². The fourth-order valence-electron chi connectivity index (χ4n) is 1.42. The predicted molar refractivity (Wildman–Crippen MR) is 57.0 cm³/mol. The van der Waals surface area contributed by atoms with Crippen LogP contribution in [-0.2, 0) is 14.8 Å². The highest BCUT2D eigenvalue weighted by Crippen LogP contribution is 2.13. The molecule has 0 aromatic carbocycles. The van der Waals surface area contributed by atoms with Crippen LogP contribution in [0.15, 0.2) is 0 Å². The molecule has 1 saturated heterocycles. The molecule has 6 heteroatoms. The van der Waals surface area contributed by atoms with Crippen LogP contribution in [0, 0.1) is 5.92 Å². The van der Waals surface area contributed by atoms with Crippen LogP contribution in [0.2, 0.25) is 0 Å². The quantitative estimate of drug-likeness (QED) is 0.689. The van der Waals surface area contributed by atoms with Crippen LogP contribution in [0.5, 0.6) is 0 Å². The van der Waals surface area contributed by atoms with Gasteiger partial charge in [0.05, 0.1) is 11.9 Å². The SMILES string of the molecule is CC(CO)S(=O)(=O)NCC1CCOCC1. The maximum Gasteiger partial charge on any atom is 0.216 e. The normalized spacial score (nSPS) is 21.5. The number of sulfonamides is 1. The molecule has 1 fully saturated rings. The highest BCUT2D eigenvalue weighted by molar-refractivity contribution is 7.90. The minimum atomic E-state index is -3.35. The van der Waals surface area contributed by atoms with Crippen molar-refractivity contribution in [2.24, 2.45) is 5.92 Å². The Kier molecular flexibility index (Phi) is 4.98. The molecule has 2 N–H and O–H groups in total. The second kappa shape index (κ2) is 5.79. The average molecular weight is 237 g/mol. The molecule has 1 unspecified atom stereocenters. The van der Waals surface area contributed by atoms with Gasteiger partial charge in [0, 0.05) is 19.8 Å². The van der Waals surface area contributed by atoms with Crippen molar-refractivity contribution in [3.8, 4) is 0 Å². The maximum absolute atomic E-state index is 11.5. The Labute approximate surface area is 90.9 Å². The highest BCUT2D eigenvalue weighted by Gasteiger charge is 2.22. The van der Waals surface area contributed by atoms with Crippen LogP contribution in [0.1, 0.15) is 19.8 Å². The van der Waals surface area contributed by atoms with Gasteiger partial charge in [-0.05, 0) is 25.7 Å². The van der Waals surface area contributed by atoms with E-state index >= 15 is 0 Å². The lowest BCUT2D eigenvalue weighted by atomic mass is 10.0. The van der Waals surface area contributed by atoms with E-state index in [1.165, 1.54) is 6.92 Å². The van der Waals surface area contributed by atoms with Crippen molar-refractivity contribution in [1.82, 2.24) is 4.72 Å². The lowest BCUT2D eigenvalue weighted by Crippen LogP contribution is -2.38. The van der Waals surface area contributed by atoms with E-state index in [4.69, 9.17) is 9.84 Å². The molecular weight excluding hydrogens is 218 g/mol. The van der Waals surface area contributed by atoms with Crippen molar-refractivity contribution in [3.05, 3.63) is 0 Å². The fourth-order valence-corrected chi connectivity index (χ4v) is 2.37. The van der Waals surface area contributed by atoms with Gasteiger partial charge in [-0.1, -0.05) is 0 Å². The van der Waals surface area contributed by atoms with Crippen molar-refractivity contribution < 1.29 is 18.3 Å². The number of aliphatic hydroxyl groups is 1. The minimum absolute atomic E-state index is 0.344. The summed E-state index contributed by atoms with van der Waals surface area (Å²) in [7, 11) is -3.35. The third kappa shape index (κ3) is 4.06. The largest absolute Gasteiger partial charge is 0.395 e. The van der Waals surface area contributed by atoms with Crippen molar-refractivity contribution in [1.29, 1.82) is 0 Å². The summed E-state index contributed by atoms with van der Waals surface area (Å²) in [6, 6.07) is 0. The zero-order valence-electron chi connectivity index (χ0n) is 8.98. The summed E-state index contributed by atoms with van der Waals surface area (Å²) < 4.78 is 30.7. The van der Waals surface area contributed by atoms with E-state index in [1.54, 1.807) is 0 Å². The number of hydrogen-bond donors (Lipinski definition) is 2. The Hall–Kier alpha value is -0.170. The van der Waals surface area contributed by atoms with E-state index in [0.29, 0.717) is 25.7 Å². The third-order valence-corrected chi connectivity index (χ3v) is 4.48. The van der Waals surface area contributed by atoms with E-state index in [0.717, 1.165) is 12.8 Å². The van der Waals surface area contributed by atoms with E-state index in [9.17, 15) is 8.42 Å². The first-order valence-electron chi connectivity index (χ1n) is 5.23. The summed E-state index contributed by atoms with van der Waals surface area (Å²) in [5.74, 6) is 0.361. The standard InChI is InChI=1S/C9H19NO4S/c1-8(7-11)15(12,13)10-6-9-2-4-14-5-3-9/h8-11H,2-7H2,1H3. The lowest BCUT2D eigenvalue weighted by Gasteiger charge is -2.22. The number of nitrogens with one attached hydrogen (secondary N) is 1. The second-order valence-corrected chi connectivity index (χ2v) is 6.13. The lowest BCUT2D eigenvalue weighted by molar-refractivity contribution is 0.0678. The molecule has 1 aliphatic heterocycles. The summed E-state index contributed by atoms with van der Waals surface area (Å²) in [6.07, 6.45) is 1.80. The molecule has 0 aromatic rings. The summed E-state index contributed by atoms with van der Waals surface area (Å²) in [5.41, 5.74) is 0. The predicted octanol–water partition coefficient (Wildman–Crippen LogP) is -0.287. The van der Waals surface area contributed by atoms with Crippen LogP contribution >= 0.6 is 0 Å². The Morgan fingerprint density at radius 1 is 1.47 bits per heavy atom. The molecule has 0 saturated carbocycles. The van der Waals surface area contributed by atoms with E-state index in [1.807, 2.05) is 0 Å². The van der Waals surface area contributed by atoms with E-state index in [-0.39, 0.29) is 6.61 Å². The number of ether oxygens (including phenoxy) is 1. The number of rotatable bonds is 5. The van der Waals surface area contributed by atoms with Crippen LogP contribution in [-0.4, -0.2) is 45.1 Å². The summed E-state index contributed by atoms with van der Waals surface area (Å²) in [4.78, 5) is 0. The molecule has 0 aromatic heterocycles. The molecule has 90 valence electrons.